The molecule has 1 N–H and O–H groups in total. The molecule has 5 atom stereocenters. The topological polar surface area (TPSA) is 30.6 Å². The number of ketones is 1. The van der Waals surface area contributed by atoms with E-state index in [0.29, 0.717) is 41.8 Å². The van der Waals surface area contributed by atoms with Gasteiger partial charge in [-0.1, -0.05) is 58.9 Å². The predicted molar refractivity (Wildman–Crippen MR) is 140 cm³/mol. The van der Waals surface area contributed by atoms with Gasteiger partial charge in [-0.15, -0.1) is 30.5 Å². The number of allylic oxidation sites excluding steroid dienone is 3. The standard InChI is InChI=1S/C29H44O2Si/c1-10-20(2)25-15-16-26-22(12-11-17-29(25,26)7)13-14-23-18-24(30)19-27(21(23)3)31-32(8,9)28(4,5)6/h1,13-14,20,25-27H,3,11-12,15-19H2,2,4-9H3/q-1/p+1/b22-13+,23-14+/t20-,25+,26-,27-,29+/m0/s1. The average molecular weight is 454 g/mol. The van der Waals surface area contributed by atoms with Crippen LogP contribution in [0.2, 0.25) is 18.1 Å². The van der Waals surface area contributed by atoms with Crippen LogP contribution in [0.3, 0.4) is 0 Å². The molecule has 2 nitrogen and oxygen atoms in total. The van der Waals surface area contributed by atoms with Crippen molar-refractivity contribution in [2.45, 2.75) is 104 Å². The third-order valence-electron chi connectivity index (χ3n) is 9.26. The van der Waals surface area contributed by atoms with Gasteiger partial charge in [-0.3, -0.25) is 4.79 Å². The van der Waals surface area contributed by atoms with Gasteiger partial charge in [-0.05, 0) is 68.8 Å². The summed E-state index contributed by atoms with van der Waals surface area (Å²) in [5.74, 6) is 5.14. The lowest BCUT2D eigenvalue weighted by Crippen LogP contribution is -2.45. The van der Waals surface area contributed by atoms with Crippen LogP contribution in [0.5, 0.6) is 0 Å². The van der Waals surface area contributed by atoms with E-state index in [-0.39, 0.29) is 11.1 Å². The molecule has 0 unspecified atom stereocenters. The Bertz CT molecular complexity index is 863. The number of hydrogen-bond acceptors (Lipinski definition) is 1. The summed E-state index contributed by atoms with van der Waals surface area (Å²) in [6.45, 7) is 20.4. The van der Waals surface area contributed by atoms with E-state index in [1.165, 1.54) is 32.1 Å². The van der Waals surface area contributed by atoms with Crippen LogP contribution in [0.15, 0.2) is 35.5 Å². The van der Waals surface area contributed by atoms with E-state index in [4.69, 9.17) is 10.8 Å². The molecule has 3 aliphatic rings. The molecule has 0 saturated heterocycles. The first-order chi connectivity index (χ1) is 14.8. The minimum Gasteiger partial charge on any atom is -0.558 e. The van der Waals surface area contributed by atoms with Crippen molar-refractivity contribution in [2.75, 3.05) is 0 Å². The zero-order valence-electron chi connectivity index (χ0n) is 21.6. The van der Waals surface area contributed by atoms with Gasteiger partial charge >= 0.3 is 0 Å². The van der Waals surface area contributed by atoms with Gasteiger partial charge in [0.05, 0.1) is 18.9 Å². The van der Waals surface area contributed by atoms with Crippen LogP contribution in [-0.2, 0) is 4.43 Å². The fraction of sp³-hybridized carbons (Fsp3) is 0.690. The molecule has 177 valence electrons. The van der Waals surface area contributed by atoms with E-state index in [9.17, 15) is 4.79 Å². The van der Waals surface area contributed by atoms with E-state index in [0.717, 1.165) is 11.1 Å². The van der Waals surface area contributed by atoms with Crippen molar-refractivity contribution in [1.29, 1.82) is 0 Å². The molecule has 0 amide bonds. The van der Waals surface area contributed by atoms with Crippen LogP contribution < -0.4 is 0 Å². The minimum absolute atomic E-state index is 0.113. The molecule has 0 bridgehead atoms. The SMILES string of the molecule is C#C[C@H](C)[C@H]1CC[C@H]2/C(=C/C=C3\CC(=[OH+])C[C@H](O[Si-](C)(C)C(C)(C)C)C3=C)CCC[C@]12C. The molecule has 0 spiro atoms. The van der Waals surface area contributed by atoms with Crippen molar-refractivity contribution in [3.05, 3.63) is 35.5 Å². The fourth-order valence-electron chi connectivity index (χ4n) is 6.19. The summed E-state index contributed by atoms with van der Waals surface area (Å²) in [4.78, 5) is 10.5. The Balaban J connectivity index is 1.82. The quantitative estimate of drug-likeness (QED) is 0.245. The highest BCUT2D eigenvalue weighted by Crippen LogP contribution is 2.59. The lowest BCUT2D eigenvalue weighted by atomic mass is 9.61. The Labute approximate surface area is 198 Å². The van der Waals surface area contributed by atoms with Crippen molar-refractivity contribution in [3.63, 3.8) is 0 Å². The number of rotatable bonds is 4. The summed E-state index contributed by atoms with van der Waals surface area (Å²) in [6, 6.07) is 0. The van der Waals surface area contributed by atoms with Crippen molar-refractivity contribution in [1.82, 2.24) is 0 Å². The molecule has 3 aliphatic carbocycles. The lowest BCUT2D eigenvalue weighted by Gasteiger charge is -2.51. The summed E-state index contributed by atoms with van der Waals surface area (Å²) in [7, 11) is -1.94. The van der Waals surface area contributed by atoms with Gasteiger partial charge in [-0.2, -0.15) is 0 Å². The molecule has 0 aliphatic heterocycles. The lowest BCUT2D eigenvalue weighted by molar-refractivity contribution is 0.115. The van der Waals surface area contributed by atoms with Crippen LogP contribution in [0, 0.1) is 35.5 Å². The number of hydrogen-bond donors (Lipinski definition) is 0. The molecule has 3 fully saturated rings. The second kappa shape index (κ2) is 9.11. The van der Waals surface area contributed by atoms with Crippen LogP contribution >= 0.6 is 0 Å². The summed E-state index contributed by atoms with van der Waals surface area (Å²) in [6.07, 6.45) is 17.7. The Morgan fingerprint density at radius 3 is 2.59 bits per heavy atom. The highest BCUT2D eigenvalue weighted by atomic mass is 28.4. The van der Waals surface area contributed by atoms with E-state index < -0.39 is 8.32 Å². The number of terminal acetylenes is 1. The molecule has 32 heavy (non-hydrogen) atoms. The largest absolute Gasteiger partial charge is 0.558 e. The normalized spacial score (nSPS) is 35.1. The molecule has 0 aromatic rings. The molecule has 3 saturated carbocycles. The maximum absolute atomic E-state index is 10.5. The maximum atomic E-state index is 10.5. The Morgan fingerprint density at radius 1 is 1.28 bits per heavy atom. The van der Waals surface area contributed by atoms with Gasteiger partial charge in [0, 0.05) is 5.92 Å². The highest BCUT2D eigenvalue weighted by molar-refractivity contribution is 6.74. The third kappa shape index (κ3) is 4.78. The van der Waals surface area contributed by atoms with Gasteiger partial charge in [-0.25, -0.2) is 0 Å². The summed E-state index contributed by atoms with van der Waals surface area (Å²) < 4.78 is 6.66. The Kier molecular flexibility index (Phi) is 7.19. The Hall–Kier alpha value is -1.37. The number of fused-ring (bicyclic) bond motifs is 1. The summed E-state index contributed by atoms with van der Waals surface area (Å²) in [5.41, 5.74) is 4.06. The third-order valence-corrected chi connectivity index (χ3v) is 13.7. The smallest absolute Gasteiger partial charge is 0.300 e. The van der Waals surface area contributed by atoms with Crippen LogP contribution in [0.1, 0.15) is 79.6 Å². The first-order valence-electron chi connectivity index (χ1n) is 12.6. The fourth-order valence-corrected chi connectivity index (χ4v) is 7.48. The van der Waals surface area contributed by atoms with E-state index in [1.54, 1.807) is 5.57 Å². The zero-order valence-corrected chi connectivity index (χ0v) is 22.6. The van der Waals surface area contributed by atoms with Crippen molar-refractivity contribution in [2.24, 2.45) is 23.2 Å². The Morgan fingerprint density at radius 2 is 1.97 bits per heavy atom. The molecule has 3 heteroatoms. The summed E-state index contributed by atoms with van der Waals surface area (Å²) in [5, 5.41) is 0.132. The van der Waals surface area contributed by atoms with E-state index >= 15 is 0 Å². The first-order valence-corrected chi connectivity index (χ1v) is 15.5. The molecule has 0 aromatic carbocycles. The van der Waals surface area contributed by atoms with Crippen LogP contribution in [0.25, 0.3) is 0 Å². The van der Waals surface area contributed by atoms with E-state index in [1.807, 2.05) is 0 Å². The van der Waals surface area contributed by atoms with Crippen LogP contribution in [-0.4, -0.2) is 25.0 Å². The molecular formula is C29H45O2Si. The molecular weight excluding hydrogens is 408 g/mol. The summed E-state index contributed by atoms with van der Waals surface area (Å²) >= 11 is 0. The maximum Gasteiger partial charge on any atom is 0.300 e. The molecule has 3 rings (SSSR count). The van der Waals surface area contributed by atoms with Crippen molar-refractivity contribution < 1.29 is 9.22 Å². The second-order valence-corrected chi connectivity index (χ2v) is 17.1. The van der Waals surface area contributed by atoms with Crippen LogP contribution in [0.4, 0.5) is 0 Å². The second-order valence-electron chi connectivity index (χ2n) is 12.3. The number of carbonyl (C=O) groups excluding carboxylic acids is 1. The zero-order chi connectivity index (χ0) is 23.9. The minimum atomic E-state index is -1.94. The van der Waals surface area contributed by atoms with Crippen molar-refractivity contribution in [3.8, 4) is 12.3 Å². The van der Waals surface area contributed by atoms with E-state index in [2.05, 4.69) is 72.4 Å². The first kappa shape index (κ1) is 25.3. The van der Waals surface area contributed by atoms with Gasteiger partial charge < -0.3 is 4.43 Å². The highest BCUT2D eigenvalue weighted by Gasteiger charge is 2.50. The monoisotopic (exact) mass is 453 g/mol. The molecule has 0 heterocycles. The molecule has 0 radical (unpaired) electrons. The van der Waals surface area contributed by atoms with Crippen molar-refractivity contribution >= 4 is 14.1 Å². The predicted octanol–water partition coefficient (Wildman–Crippen LogP) is 7.61. The molecule has 0 aromatic heterocycles. The van der Waals surface area contributed by atoms with Gasteiger partial charge in [0.25, 0.3) is 5.78 Å². The van der Waals surface area contributed by atoms with Gasteiger partial charge in [0.1, 0.15) is 0 Å². The van der Waals surface area contributed by atoms with Gasteiger partial charge in [0.15, 0.2) is 0 Å². The van der Waals surface area contributed by atoms with Gasteiger partial charge in [0.2, 0.25) is 0 Å². The average Bonchev–Trinajstić information content (AvgIpc) is 3.05.